The van der Waals surface area contributed by atoms with Crippen molar-refractivity contribution < 1.29 is 19.4 Å². The summed E-state index contributed by atoms with van der Waals surface area (Å²) >= 11 is 0. The van der Waals surface area contributed by atoms with Gasteiger partial charge in [0.15, 0.2) is 6.29 Å². The van der Waals surface area contributed by atoms with Crippen LogP contribution < -0.4 is 0 Å². The first-order valence-electron chi connectivity index (χ1n) is 4.63. The third-order valence-electron chi connectivity index (χ3n) is 2.21. The minimum atomic E-state index is -0.614. The van der Waals surface area contributed by atoms with Crippen molar-refractivity contribution in [3.8, 4) is 0 Å². The number of hydrogen-bond donors (Lipinski definition) is 1. The summed E-state index contributed by atoms with van der Waals surface area (Å²) in [5.41, 5.74) is 0. The summed E-state index contributed by atoms with van der Waals surface area (Å²) in [6.45, 7) is 2.48. The minimum Gasteiger partial charge on any atom is -0.466 e. The molecule has 1 fully saturated rings. The van der Waals surface area contributed by atoms with Gasteiger partial charge < -0.3 is 14.6 Å². The fourth-order valence-electron chi connectivity index (χ4n) is 1.47. The lowest BCUT2D eigenvalue weighted by Gasteiger charge is -2.11. The predicted molar refractivity (Wildman–Crippen MR) is 45.9 cm³/mol. The lowest BCUT2D eigenvalue weighted by Crippen LogP contribution is -2.15. The van der Waals surface area contributed by atoms with E-state index in [9.17, 15) is 9.90 Å². The van der Waals surface area contributed by atoms with Gasteiger partial charge >= 0.3 is 5.97 Å². The maximum Gasteiger partial charge on any atom is 0.302 e. The molecular formula is C9H16O4. The molecule has 0 aromatic rings. The normalized spacial score (nSPS) is 27.5. The third kappa shape index (κ3) is 3.74. The summed E-state index contributed by atoms with van der Waals surface area (Å²) in [5.74, 6) is -0.0289. The number of ether oxygens (including phenoxy) is 2. The monoisotopic (exact) mass is 188 g/mol. The van der Waals surface area contributed by atoms with E-state index in [4.69, 9.17) is 9.47 Å². The SMILES string of the molecule is CC(=O)OCCCC1CCOC1O. The first-order chi connectivity index (χ1) is 6.20. The Morgan fingerprint density at radius 1 is 1.69 bits per heavy atom. The lowest BCUT2D eigenvalue weighted by molar-refractivity contribution is -0.141. The van der Waals surface area contributed by atoms with Gasteiger partial charge in [-0.2, -0.15) is 0 Å². The first-order valence-corrected chi connectivity index (χ1v) is 4.63. The van der Waals surface area contributed by atoms with E-state index in [0.717, 1.165) is 19.3 Å². The van der Waals surface area contributed by atoms with Crippen molar-refractivity contribution in [3.63, 3.8) is 0 Å². The molecule has 4 nitrogen and oxygen atoms in total. The summed E-state index contributed by atoms with van der Waals surface area (Å²) in [5, 5.41) is 9.27. The number of aliphatic hydroxyl groups is 1. The smallest absolute Gasteiger partial charge is 0.302 e. The molecular weight excluding hydrogens is 172 g/mol. The summed E-state index contributed by atoms with van der Waals surface area (Å²) in [6.07, 6.45) is 1.94. The molecule has 2 unspecified atom stereocenters. The van der Waals surface area contributed by atoms with Crippen molar-refractivity contribution in [1.29, 1.82) is 0 Å². The van der Waals surface area contributed by atoms with E-state index in [1.165, 1.54) is 6.92 Å². The van der Waals surface area contributed by atoms with Gasteiger partial charge in [0.1, 0.15) is 0 Å². The molecule has 1 N–H and O–H groups in total. The van der Waals surface area contributed by atoms with Gasteiger partial charge in [-0.25, -0.2) is 0 Å². The van der Waals surface area contributed by atoms with Crippen LogP contribution in [0.5, 0.6) is 0 Å². The summed E-state index contributed by atoms with van der Waals surface area (Å²) in [7, 11) is 0. The van der Waals surface area contributed by atoms with Crippen LogP contribution in [0.15, 0.2) is 0 Å². The van der Waals surface area contributed by atoms with Crippen LogP contribution in [0.1, 0.15) is 26.2 Å². The Labute approximate surface area is 77.8 Å². The molecule has 1 saturated heterocycles. The fraction of sp³-hybridized carbons (Fsp3) is 0.889. The van der Waals surface area contributed by atoms with Crippen molar-refractivity contribution >= 4 is 5.97 Å². The van der Waals surface area contributed by atoms with Gasteiger partial charge in [0.05, 0.1) is 13.2 Å². The fourth-order valence-corrected chi connectivity index (χ4v) is 1.47. The van der Waals surface area contributed by atoms with E-state index in [2.05, 4.69) is 0 Å². The highest BCUT2D eigenvalue weighted by Gasteiger charge is 2.25. The summed E-state index contributed by atoms with van der Waals surface area (Å²) < 4.78 is 9.77. The molecule has 1 aliphatic rings. The average molecular weight is 188 g/mol. The number of carbonyl (C=O) groups is 1. The van der Waals surface area contributed by atoms with Crippen LogP contribution in [0.2, 0.25) is 0 Å². The largest absolute Gasteiger partial charge is 0.466 e. The highest BCUT2D eigenvalue weighted by Crippen LogP contribution is 2.23. The molecule has 2 atom stereocenters. The van der Waals surface area contributed by atoms with E-state index in [1.54, 1.807) is 0 Å². The number of aliphatic hydroxyl groups excluding tert-OH is 1. The minimum absolute atomic E-state index is 0.218. The van der Waals surface area contributed by atoms with E-state index < -0.39 is 6.29 Å². The Kier molecular flexibility index (Phi) is 4.18. The van der Waals surface area contributed by atoms with E-state index in [-0.39, 0.29) is 11.9 Å². The van der Waals surface area contributed by atoms with Gasteiger partial charge in [-0.05, 0) is 19.3 Å². The Hall–Kier alpha value is -0.610. The molecule has 1 heterocycles. The maximum atomic E-state index is 10.4. The summed E-state index contributed by atoms with van der Waals surface area (Å²) in [4.78, 5) is 10.4. The number of carbonyl (C=O) groups excluding carboxylic acids is 1. The van der Waals surface area contributed by atoms with Crippen LogP contribution in [-0.2, 0) is 14.3 Å². The van der Waals surface area contributed by atoms with Crippen LogP contribution in [0.25, 0.3) is 0 Å². The predicted octanol–water partition coefficient (Wildman–Crippen LogP) is 0.685. The lowest BCUT2D eigenvalue weighted by atomic mass is 10.0. The maximum absolute atomic E-state index is 10.4. The Bertz CT molecular complexity index is 169. The molecule has 13 heavy (non-hydrogen) atoms. The molecule has 0 amide bonds. The van der Waals surface area contributed by atoms with Crippen LogP contribution in [0.3, 0.4) is 0 Å². The Balaban J connectivity index is 2.02. The molecule has 0 radical (unpaired) electrons. The van der Waals surface area contributed by atoms with Crippen LogP contribution in [0.4, 0.5) is 0 Å². The molecule has 0 aromatic heterocycles. The van der Waals surface area contributed by atoms with Crippen molar-refractivity contribution in [2.75, 3.05) is 13.2 Å². The molecule has 4 heteroatoms. The molecule has 1 aliphatic heterocycles. The molecule has 0 saturated carbocycles. The molecule has 0 spiro atoms. The van der Waals surface area contributed by atoms with Gasteiger partial charge in [0.2, 0.25) is 0 Å². The van der Waals surface area contributed by atoms with Crippen molar-refractivity contribution in [2.45, 2.75) is 32.5 Å². The van der Waals surface area contributed by atoms with Crippen LogP contribution in [-0.4, -0.2) is 30.6 Å². The average Bonchev–Trinajstić information content (AvgIpc) is 2.45. The number of rotatable bonds is 4. The standard InChI is InChI=1S/C9H16O4/c1-7(10)12-5-2-3-8-4-6-13-9(8)11/h8-9,11H,2-6H2,1H3. The Morgan fingerprint density at radius 3 is 3.00 bits per heavy atom. The van der Waals surface area contributed by atoms with E-state index in [0.29, 0.717) is 13.2 Å². The van der Waals surface area contributed by atoms with Gasteiger partial charge in [-0.1, -0.05) is 0 Å². The molecule has 0 aliphatic carbocycles. The van der Waals surface area contributed by atoms with Crippen molar-refractivity contribution in [2.24, 2.45) is 5.92 Å². The molecule has 76 valence electrons. The quantitative estimate of drug-likeness (QED) is 0.521. The van der Waals surface area contributed by atoms with E-state index >= 15 is 0 Å². The molecule has 1 rings (SSSR count). The topological polar surface area (TPSA) is 55.8 Å². The van der Waals surface area contributed by atoms with E-state index in [1.807, 2.05) is 0 Å². The van der Waals surface area contributed by atoms with Gasteiger partial charge in [-0.3, -0.25) is 4.79 Å². The van der Waals surface area contributed by atoms with Crippen molar-refractivity contribution in [3.05, 3.63) is 0 Å². The van der Waals surface area contributed by atoms with Crippen LogP contribution in [0, 0.1) is 5.92 Å². The Morgan fingerprint density at radius 2 is 2.46 bits per heavy atom. The van der Waals surface area contributed by atoms with Gasteiger partial charge in [0, 0.05) is 12.8 Å². The summed E-state index contributed by atoms with van der Waals surface area (Å²) in [6, 6.07) is 0. The second-order valence-electron chi connectivity index (χ2n) is 3.29. The zero-order valence-corrected chi connectivity index (χ0v) is 7.86. The number of hydrogen-bond acceptors (Lipinski definition) is 4. The van der Waals surface area contributed by atoms with Crippen molar-refractivity contribution in [1.82, 2.24) is 0 Å². The zero-order chi connectivity index (χ0) is 9.68. The number of esters is 1. The first kappa shape index (κ1) is 10.5. The highest BCUT2D eigenvalue weighted by molar-refractivity contribution is 5.65. The third-order valence-corrected chi connectivity index (χ3v) is 2.21. The highest BCUT2D eigenvalue weighted by atomic mass is 16.6. The molecule has 0 bridgehead atoms. The second-order valence-corrected chi connectivity index (χ2v) is 3.29. The zero-order valence-electron chi connectivity index (χ0n) is 7.86. The second kappa shape index (κ2) is 5.19. The van der Waals surface area contributed by atoms with Gasteiger partial charge in [0.25, 0.3) is 0 Å². The van der Waals surface area contributed by atoms with Crippen LogP contribution >= 0.6 is 0 Å². The van der Waals surface area contributed by atoms with Gasteiger partial charge in [-0.15, -0.1) is 0 Å². The molecule has 0 aromatic carbocycles.